The van der Waals surface area contributed by atoms with Crippen LogP contribution in [0, 0.1) is 24.0 Å². The van der Waals surface area contributed by atoms with Crippen LogP contribution in [0.4, 0.5) is 11.6 Å². The molecule has 0 saturated heterocycles. The van der Waals surface area contributed by atoms with Crippen molar-refractivity contribution in [3.63, 3.8) is 0 Å². The molecular formula is C14H16N4O2S. The van der Waals surface area contributed by atoms with E-state index in [0.29, 0.717) is 23.2 Å². The van der Waals surface area contributed by atoms with Gasteiger partial charge in [0.15, 0.2) is 5.03 Å². The second kappa shape index (κ2) is 6.53. The summed E-state index contributed by atoms with van der Waals surface area (Å²) in [5, 5.41) is 14.6. The summed E-state index contributed by atoms with van der Waals surface area (Å²) in [5.41, 5.74) is 1.42. The molecule has 1 heterocycles. The van der Waals surface area contributed by atoms with Crippen molar-refractivity contribution >= 4 is 23.4 Å². The van der Waals surface area contributed by atoms with Crippen molar-refractivity contribution in [2.24, 2.45) is 0 Å². The molecule has 0 aliphatic rings. The van der Waals surface area contributed by atoms with E-state index in [0.717, 1.165) is 10.5 Å². The van der Waals surface area contributed by atoms with Crippen molar-refractivity contribution in [2.75, 3.05) is 11.9 Å². The average Bonchev–Trinajstić information content (AvgIpc) is 2.38. The Balaban J connectivity index is 2.46. The number of nitrogens with zero attached hydrogens (tertiary/aromatic N) is 3. The molecular weight excluding hydrogens is 288 g/mol. The van der Waals surface area contributed by atoms with E-state index in [1.54, 1.807) is 6.92 Å². The Morgan fingerprint density at radius 1 is 1.33 bits per heavy atom. The highest BCUT2D eigenvalue weighted by Gasteiger charge is 2.22. The fourth-order valence-electron chi connectivity index (χ4n) is 1.85. The first-order chi connectivity index (χ1) is 10.0. The van der Waals surface area contributed by atoms with Crippen LogP contribution in [-0.4, -0.2) is 21.4 Å². The largest absolute Gasteiger partial charge is 0.354 e. The third-order valence-electron chi connectivity index (χ3n) is 2.75. The number of nitro groups is 1. The Kier molecular flexibility index (Phi) is 4.74. The Bertz CT molecular complexity index is 676. The van der Waals surface area contributed by atoms with Gasteiger partial charge in [0, 0.05) is 11.4 Å². The molecule has 21 heavy (non-hydrogen) atoms. The van der Waals surface area contributed by atoms with Crippen LogP contribution in [0.25, 0.3) is 0 Å². The monoisotopic (exact) mass is 304 g/mol. The van der Waals surface area contributed by atoms with Gasteiger partial charge in [0.05, 0.1) is 4.92 Å². The van der Waals surface area contributed by atoms with Crippen LogP contribution in [0.2, 0.25) is 0 Å². The van der Waals surface area contributed by atoms with E-state index in [9.17, 15) is 10.1 Å². The Labute approximate surface area is 127 Å². The minimum atomic E-state index is -0.427. The third kappa shape index (κ3) is 3.69. The zero-order valence-electron chi connectivity index (χ0n) is 12.1. The molecule has 1 aromatic carbocycles. The zero-order chi connectivity index (χ0) is 15.4. The highest BCUT2D eigenvalue weighted by atomic mass is 32.2. The van der Waals surface area contributed by atoms with Crippen LogP contribution >= 0.6 is 11.8 Å². The van der Waals surface area contributed by atoms with Crippen LogP contribution in [0.3, 0.4) is 0 Å². The fraction of sp³-hybridized carbons (Fsp3) is 0.286. The highest BCUT2D eigenvalue weighted by Crippen LogP contribution is 2.35. The molecule has 0 amide bonds. The SMILES string of the molecule is CCNc1nc(C)c([N+](=O)[O-])c(Sc2cccc(C)c2)n1. The molecule has 0 unspecified atom stereocenters. The number of anilines is 1. The Morgan fingerprint density at radius 2 is 2.10 bits per heavy atom. The molecule has 110 valence electrons. The van der Waals surface area contributed by atoms with Gasteiger partial charge in [0.2, 0.25) is 5.95 Å². The van der Waals surface area contributed by atoms with Crippen LogP contribution in [0.15, 0.2) is 34.2 Å². The van der Waals surface area contributed by atoms with Crippen LogP contribution in [0.1, 0.15) is 18.2 Å². The number of rotatable bonds is 5. The van der Waals surface area contributed by atoms with E-state index in [1.807, 2.05) is 38.1 Å². The minimum Gasteiger partial charge on any atom is -0.354 e. The number of aromatic nitrogens is 2. The molecule has 0 atom stereocenters. The second-order valence-electron chi connectivity index (χ2n) is 4.49. The standard InChI is InChI=1S/C14H16N4O2S/c1-4-15-14-16-10(3)12(18(19)20)13(17-14)21-11-7-5-6-9(2)8-11/h5-8H,4H2,1-3H3,(H,15,16,17). The normalized spacial score (nSPS) is 10.4. The molecule has 0 radical (unpaired) electrons. The lowest BCUT2D eigenvalue weighted by Crippen LogP contribution is -2.07. The summed E-state index contributed by atoms with van der Waals surface area (Å²) < 4.78 is 0. The van der Waals surface area contributed by atoms with E-state index in [1.165, 1.54) is 11.8 Å². The molecule has 1 aromatic heterocycles. The van der Waals surface area contributed by atoms with E-state index >= 15 is 0 Å². The molecule has 0 bridgehead atoms. The summed E-state index contributed by atoms with van der Waals surface area (Å²) in [6.07, 6.45) is 0. The number of hydrogen-bond donors (Lipinski definition) is 1. The summed E-state index contributed by atoms with van der Waals surface area (Å²) in [6.45, 7) is 6.19. The molecule has 0 aliphatic carbocycles. The van der Waals surface area contributed by atoms with Gasteiger partial charge in [0.1, 0.15) is 5.69 Å². The molecule has 0 spiro atoms. The summed E-state index contributed by atoms with van der Waals surface area (Å²) in [6, 6.07) is 7.78. The van der Waals surface area contributed by atoms with Gasteiger partial charge in [-0.25, -0.2) is 4.98 Å². The van der Waals surface area contributed by atoms with Gasteiger partial charge in [-0.1, -0.05) is 29.5 Å². The number of nitrogens with one attached hydrogen (secondary N) is 1. The van der Waals surface area contributed by atoms with Crippen molar-refractivity contribution < 1.29 is 4.92 Å². The van der Waals surface area contributed by atoms with Crippen LogP contribution in [0.5, 0.6) is 0 Å². The molecule has 7 heteroatoms. The number of hydrogen-bond acceptors (Lipinski definition) is 6. The molecule has 0 aliphatic heterocycles. The van der Waals surface area contributed by atoms with Crippen molar-refractivity contribution in [3.8, 4) is 0 Å². The van der Waals surface area contributed by atoms with Crippen molar-refractivity contribution in [1.29, 1.82) is 0 Å². The van der Waals surface area contributed by atoms with Gasteiger partial charge >= 0.3 is 5.69 Å². The van der Waals surface area contributed by atoms with Crippen LogP contribution < -0.4 is 5.32 Å². The fourth-order valence-corrected chi connectivity index (χ4v) is 2.92. The lowest BCUT2D eigenvalue weighted by molar-refractivity contribution is -0.389. The first-order valence-corrected chi connectivity index (χ1v) is 7.34. The lowest BCUT2D eigenvalue weighted by Gasteiger charge is -2.08. The topological polar surface area (TPSA) is 81.0 Å². The smallest absolute Gasteiger partial charge is 0.322 e. The van der Waals surface area contributed by atoms with Gasteiger partial charge in [-0.3, -0.25) is 10.1 Å². The van der Waals surface area contributed by atoms with Crippen molar-refractivity contribution in [3.05, 3.63) is 45.6 Å². The van der Waals surface area contributed by atoms with Gasteiger partial charge in [0.25, 0.3) is 0 Å². The van der Waals surface area contributed by atoms with Gasteiger partial charge < -0.3 is 5.32 Å². The lowest BCUT2D eigenvalue weighted by atomic mass is 10.2. The summed E-state index contributed by atoms with van der Waals surface area (Å²) in [7, 11) is 0. The molecule has 1 N–H and O–H groups in total. The highest BCUT2D eigenvalue weighted by molar-refractivity contribution is 7.99. The third-order valence-corrected chi connectivity index (χ3v) is 3.72. The first-order valence-electron chi connectivity index (χ1n) is 6.52. The maximum absolute atomic E-state index is 11.3. The van der Waals surface area contributed by atoms with Crippen molar-refractivity contribution in [2.45, 2.75) is 30.7 Å². The summed E-state index contributed by atoms with van der Waals surface area (Å²) >= 11 is 1.28. The summed E-state index contributed by atoms with van der Waals surface area (Å²) in [4.78, 5) is 20.1. The molecule has 6 nitrogen and oxygen atoms in total. The maximum atomic E-state index is 11.3. The van der Waals surface area contributed by atoms with Gasteiger partial charge in [-0.15, -0.1) is 0 Å². The average molecular weight is 304 g/mol. The Hall–Kier alpha value is -2.15. The minimum absolute atomic E-state index is 0.0387. The Morgan fingerprint density at radius 3 is 2.71 bits per heavy atom. The first kappa shape index (κ1) is 15.2. The van der Waals surface area contributed by atoms with Crippen LogP contribution in [-0.2, 0) is 0 Å². The zero-order valence-corrected chi connectivity index (χ0v) is 12.9. The second-order valence-corrected chi connectivity index (χ2v) is 5.55. The maximum Gasteiger partial charge on any atom is 0.322 e. The number of benzene rings is 1. The van der Waals surface area contributed by atoms with E-state index in [4.69, 9.17) is 0 Å². The summed E-state index contributed by atoms with van der Waals surface area (Å²) in [5.74, 6) is 0.413. The molecule has 2 aromatic rings. The van der Waals surface area contributed by atoms with Gasteiger partial charge in [-0.2, -0.15) is 4.98 Å². The molecule has 2 rings (SSSR count). The quantitative estimate of drug-likeness (QED) is 0.516. The van der Waals surface area contributed by atoms with Gasteiger partial charge in [-0.05, 0) is 32.9 Å². The predicted molar refractivity (Wildman–Crippen MR) is 82.9 cm³/mol. The van der Waals surface area contributed by atoms with E-state index in [2.05, 4.69) is 15.3 Å². The van der Waals surface area contributed by atoms with E-state index < -0.39 is 4.92 Å². The molecule has 0 saturated carbocycles. The van der Waals surface area contributed by atoms with Crippen molar-refractivity contribution in [1.82, 2.24) is 9.97 Å². The molecule has 0 fully saturated rings. The number of aryl methyl sites for hydroxylation is 2. The predicted octanol–water partition coefficient (Wildman–Crippen LogP) is 3.58. The van der Waals surface area contributed by atoms with E-state index in [-0.39, 0.29) is 5.69 Å².